The van der Waals surface area contributed by atoms with Crippen molar-refractivity contribution >= 4 is 42.9 Å². The fraction of sp³-hybridized carbons (Fsp3) is 0.0769. The van der Waals surface area contributed by atoms with Gasteiger partial charge in [-0.05, 0) is 30.3 Å². The molecule has 0 fully saturated rings. The topological polar surface area (TPSA) is 43.4 Å². The third-order valence-corrected chi connectivity index (χ3v) is 4.38. The van der Waals surface area contributed by atoms with Crippen LogP contribution >= 0.6 is 33.9 Å². The van der Waals surface area contributed by atoms with Gasteiger partial charge in [0.05, 0.1) is 0 Å². The molecule has 0 radical (unpaired) electrons. The maximum atomic E-state index is 13.6. The molecule has 2 aromatic rings. The largest absolute Gasteiger partial charge is 0.487 e. The second kappa shape index (κ2) is 6.40. The van der Waals surface area contributed by atoms with Crippen molar-refractivity contribution in [2.75, 3.05) is 0 Å². The molecule has 0 aliphatic heterocycles. The van der Waals surface area contributed by atoms with Crippen LogP contribution in [0.4, 0.5) is 4.39 Å². The fourth-order valence-electron chi connectivity index (χ4n) is 1.59. The van der Waals surface area contributed by atoms with E-state index in [1.165, 1.54) is 24.3 Å². The van der Waals surface area contributed by atoms with Crippen LogP contribution < -0.4 is 4.74 Å². The Bertz CT molecular complexity index is 778. The Morgan fingerprint density at radius 1 is 1.05 bits per heavy atom. The monoisotopic (exact) mass is 368 g/mol. The van der Waals surface area contributed by atoms with Crippen molar-refractivity contribution in [3.8, 4) is 5.75 Å². The molecule has 0 saturated carbocycles. The van der Waals surface area contributed by atoms with Crippen LogP contribution in [-0.4, -0.2) is 8.42 Å². The fourth-order valence-corrected chi connectivity index (χ4v) is 2.98. The zero-order chi connectivity index (χ0) is 15.6. The zero-order valence-electron chi connectivity index (χ0n) is 10.3. The molecular formula is C13H8Cl3FO3S. The molecule has 0 aliphatic rings. The van der Waals surface area contributed by atoms with E-state index in [1.54, 1.807) is 0 Å². The summed E-state index contributed by atoms with van der Waals surface area (Å²) < 4.78 is 41.9. The Kier molecular flexibility index (Phi) is 4.99. The third-order valence-electron chi connectivity index (χ3n) is 2.57. The predicted molar refractivity (Wildman–Crippen MR) is 80.2 cm³/mol. The lowest BCUT2D eigenvalue weighted by Gasteiger charge is -2.10. The highest BCUT2D eigenvalue weighted by atomic mass is 35.7. The maximum absolute atomic E-state index is 13.6. The van der Waals surface area contributed by atoms with E-state index in [2.05, 4.69) is 0 Å². The minimum atomic E-state index is -4.03. The first kappa shape index (κ1) is 16.4. The van der Waals surface area contributed by atoms with E-state index in [1.807, 2.05) is 0 Å². The molecule has 8 heteroatoms. The Balaban J connectivity index is 2.28. The highest BCUT2D eigenvalue weighted by Crippen LogP contribution is 2.30. The van der Waals surface area contributed by atoms with Gasteiger partial charge in [0.25, 0.3) is 9.05 Å². The smallest absolute Gasteiger partial charge is 0.265 e. The van der Waals surface area contributed by atoms with E-state index in [9.17, 15) is 12.8 Å². The van der Waals surface area contributed by atoms with Gasteiger partial charge >= 0.3 is 0 Å². The van der Waals surface area contributed by atoms with Crippen molar-refractivity contribution in [2.24, 2.45) is 0 Å². The molecule has 0 aliphatic carbocycles. The molecule has 0 heterocycles. The molecule has 0 amide bonds. The highest BCUT2D eigenvalue weighted by molar-refractivity contribution is 8.13. The molecule has 2 aromatic carbocycles. The van der Waals surface area contributed by atoms with Gasteiger partial charge in [0.1, 0.15) is 23.1 Å². The quantitative estimate of drug-likeness (QED) is 0.737. The lowest BCUT2D eigenvalue weighted by molar-refractivity contribution is 0.292. The van der Waals surface area contributed by atoms with E-state index in [0.29, 0.717) is 0 Å². The summed E-state index contributed by atoms with van der Waals surface area (Å²) in [5.74, 6) is -0.560. The second-order valence-electron chi connectivity index (χ2n) is 4.05. The number of hydrogen-bond acceptors (Lipinski definition) is 3. The molecular weight excluding hydrogens is 362 g/mol. The van der Waals surface area contributed by atoms with Crippen LogP contribution in [0.2, 0.25) is 10.0 Å². The molecule has 0 unspecified atom stereocenters. The van der Waals surface area contributed by atoms with Gasteiger partial charge in [0.15, 0.2) is 0 Å². The van der Waals surface area contributed by atoms with Crippen molar-refractivity contribution in [3.05, 3.63) is 57.8 Å². The van der Waals surface area contributed by atoms with Gasteiger partial charge in [-0.25, -0.2) is 12.8 Å². The van der Waals surface area contributed by atoms with E-state index < -0.39 is 14.9 Å². The molecule has 0 atom stereocenters. The average molecular weight is 370 g/mol. The van der Waals surface area contributed by atoms with Crippen LogP contribution in [0.15, 0.2) is 41.3 Å². The maximum Gasteiger partial charge on any atom is 0.265 e. The van der Waals surface area contributed by atoms with Crippen LogP contribution in [0.5, 0.6) is 5.75 Å². The number of hydrogen-bond donors (Lipinski definition) is 0. The molecule has 21 heavy (non-hydrogen) atoms. The Labute approximate surface area is 135 Å². The van der Waals surface area contributed by atoms with Gasteiger partial charge in [-0.15, -0.1) is 0 Å². The van der Waals surface area contributed by atoms with Gasteiger partial charge in [-0.1, -0.05) is 29.3 Å². The van der Waals surface area contributed by atoms with Crippen LogP contribution in [0.1, 0.15) is 5.56 Å². The highest BCUT2D eigenvalue weighted by Gasteiger charge is 2.18. The minimum absolute atomic E-state index is 0.0104. The van der Waals surface area contributed by atoms with Crippen molar-refractivity contribution in [3.63, 3.8) is 0 Å². The lowest BCUT2D eigenvalue weighted by atomic mass is 10.2. The first-order valence-corrected chi connectivity index (χ1v) is 8.65. The second-order valence-corrected chi connectivity index (χ2v) is 7.46. The molecule has 0 spiro atoms. The first-order chi connectivity index (χ1) is 9.77. The third kappa shape index (κ3) is 4.23. The summed E-state index contributed by atoms with van der Waals surface area (Å²) in [7, 11) is 1.28. The minimum Gasteiger partial charge on any atom is -0.487 e. The SMILES string of the molecule is O=S(=O)(Cl)c1cc(Cl)ccc1OCc1ccc(Cl)cc1F. The number of rotatable bonds is 4. The van der Waals surface area contributed by atoms with Crippen molar-refractivity contribution in [1.82, 2.24) is 0 Å². The average Bonchev–Trinajstić information content (AvgIpc) is 2.38. The molecule has 0 saturated heterocycles. The number of ether oxygens (including phenoxy) is 1. The summed E-state index contributed by atoms with van der Waals surface area (Å²) in [5, 5.41) is 0.450. The molecule has 0 N–H and O–H groups in total. The van der Waals surface area contributed by atoms with E-state index >= 15 is 0 Å². The van der Waals surface area contributed by atoms with Gasteiger partial charge in [-0.3, -0.25) is 0 Å². The molecule has 2 rings (SSSR count). The predicted octanol–water partition coefficient (Wildman–Crippen LogP) is 4.64. The van der Waals surface area contributed by atoms with Gasteiger partial charge in [-0.2, -0.15) is 0 Å². The number of benzene rings is 2. The molecule has 0 bridgehead atoms. The van der Waals surface area contributed by atoms with Gasteiger partial charge in [0, 0.05) is 26.3 Å². The number of halogens is 4. The Hall–Kier alpha value is -1.01. The molecule has 112 valence electrons. The van der Waals surface area contributed by atoms with Gasteiger partial charge in [0.2, 0.25) is 0 Å². The van der Waals surface area contributed by atoms with Crippen molar-refractivity contribution in [2.45, 2.75) is 11.5 Å². The summed E-state index contributed by atoms with van der Waals surface area (Å²) in [6, 6.07) is 8.05. The van der Waals surface area contributed by atoms with E-state index in [4.69, 9.17) is 38.6 Å². The van der Waals surface area contributed by atoms with Crippen molar-refractivity contribution < 1.29 is 17.5 Å². The summed E-state index contributed by atoms with van der Waals surface area (Å²) in [4.78, 5) is -0.272. The van der Waals surface area contributed by atoms with Crippen LogP contribution in [0.3, 0.4) is 0 Å². The van der Waals surface area contributed by atoms with Crippen LogP contribution in [0, 0.1) is 5.82 Å². The summed E-state index contributed by atoms with van der Waals surface area (Å²) >= 11 is 11.4. The molecule has 0 aromatic heterocycles. The first-order valence-electron chi connectivity index (χ1n) is 5.58. The zero-order valence-corrected chi connectivity index (χ0v) is 13.4. The Morgan fingerprint density at radius 3 is 2.29 bits per heavy atom. The van der Waals surface area contributed by atoms with E-state index in [0.717, 1.165) is 12.1 Å². The lowest BCUT2D eigenvalue weighted by Crippen LogP contribution is -2.02. The van der Waals surface area contributed by atoms with Gasteiger partial charge < -0.3 is 4.74 Å². The summed E-state index contributed by atoms with van der Waals surface area (Å²) in [6.07, 6.45) is 0. The normalized spacial score (nSPS) is 11.4. The van der Waals surface area contributed by atoms with Crippen LogP contribution in [-0.2, 0) is 15.7 Å². The van der Waals surface area contributed by atoms with Crippen LogP contribution in [0.25, 0.3) is 0 Å². The Morgan fingerprint density at radius 2 is 1.67 bits per heavy atom. The summed E-state index contributed by atoms with van der Waals surface area (Å²) in [6.45, 7) is -0.177. The standard InChI is InChI=1S/C13H8Cl3FO3S/c14-9-2-1-8(11(17)5-9)7-20-12-4-3-10(15)6-13(12)21(16,18)19/h1-6H,7H2. The van der Waals surface area contributed by atoms with E-state index in [-0.39, 0.29) is 32.9 Å². The van der Waals surface area contributed by atoms with Crippen molar-refractivity contribution in [1.29, 1.82) is 0 Å². The summed E-state index contributed by atoms with van der Waals surface area (Å²) in [5.41, 5.74) is 0.229. The molecule has 3 nitrogen and oxygen atoms in total.